The van der Waals surface area contributed by atoms with Gasteiger partial charge >= 0.3 is 0 Å². The van der Waals surface area contributed by atoms with E-state index in [1.54, 1.807) is 48.9 Å². The minimum atomic E-state index is -3.63. The van der Waals surface area contributed by atoms with Crippen LogP contribution in [-0.2, 0) is 0 Å². The first-order valence-corrected chi connectivity index (χ1v) is 19.9. The van der Waals surface area contributed by atoms with E-state index in [0.29, 0.717) is 31.9 Å². The predicted molar refractivity (Wildman–Crippen MR) is 176 cm³/mol. The summed E-state index contributed by atoms with van der Waals surface area (Å²) in [5, 5.41) is 0.572. The van der Waals surface area contributed by atoms with Crippen LogP contribution in [-0.4, -0.2) is 25.2 Å². The summed E-state index contributed by atoms with van der Waals surface area (Å²) in [6.45, 7) is 6.42. The molecule has 0 bridgehead atoms. The van der Waals surface area contributed by atoms with Gasteiger partial charge in [-0.3, -0.25) is 0 Å². The number of fused-ring (bicyclic) bond motifs is 3. The van der Waals surface area contributed by atoms with Gasteiger partial charge in [-0.15, -0.1) is 0 Å². The lowest BCUT2D eigenvalue weighted by Gasteiger charge is -2.34. The summed E-state index contributed by atoms with van der Waals surface area (Å²) in [5.41, 5.74) is 1.51. The van der Waals surface area contributed by atoms with Crippen molar-refractivity contribution >= 4 is 56.4 Å². The van der Waals surface area contributed by atoms with Gasteiger partial charge in [-0.05, 0) is 53.8 Å². The molecule has 0 aliphatic rings. The maximum Gasteiger partial charge on any atom is 0.200 e. The molecule has 5 aromatic carbocycles. The highest BCUT2D eigenvalue weighted by Gasteiger charge is 2.38. The first-order chi connectivity index (χ1) is 22.5. The minimum Gasteiger partial charge on any atom is -0.309 e. The first kappa shape index (κ1) is 33.5. The van der Waals surface area contributed by atoms with E-state index in [4.69, 9.17) is 0 Å². The molecule has 0 saturated heterocycles. The molecular formula is C36H26F9NSSi. The van der Waals surface area contributed by atoms with Gasteiger partial charge < -0.3 is 4.57 Å². The second-order valence-corrected chi connectivity index (χ2v) is 20.0. The number of hydrogen-bond donors (Lipinski definition) is 0. The average molecular weight is 704 g/mol. The highest BCUT2D eigenvalue weighted by atomic mass is 32.3. The Balaban J connectivity index is 1.66. The Hall–Kier alpha value is -4.42. The molecule has 0 fully saturated rings. The molecule has 0 unspecified atom stereocenters. The molecule has 0 spiro atoms. The van der Waals surface area contributed by atoms with E-state index in [1.807, 2.05) is 34.9 Å². The van der Waals surface area contributed by atoms with Crippen molar-refractivity contribution in [2.45, 2.75) is 22.9 Å². The third-order valence-electron chi connectivity index (χ3n) is 8.87. The molecule has 0 aliphatic heterocycles. The molecule has 0 aliphatic carbocycles. The number of benzene rings is 5. The zero-order valence-corrected chi connectivity index (χ0v) is 27.7. The molecule has 12 heteroatoms. The van der Waals surface area contributed by atoms with Crippen LogP contribution in [0.5, 0.6) is 0 Å². The van der Waals surface area contributed by atoms with Crippen LogP contribution >= 0.6 is 10.0 Å². The van der Waals surface area contributed by atoms with Crippen molar-refractivity contribution in [1.29, 1.82) is 0 Å². The second-order valence-electron chi connectivity index (χ2n) is 12.2. The molecule has 0 atom stereocenters. The SMILES string of the molecule is C=Cc1c(F)c(F)c(F)c(F)c1S(C)(C)c1ccc2c(c1)c1cc([Si](C)(C)c3c(F)c(F)c(F)c(F)c3F)ccc1n2-c1ccccc1. The summed E-state index contributed by atoms with van der Waals surface area (Å²) in [6, 6.07) is 19.2. The predicted octanol–water partition coefficient (Wildman–Crippen LogP) is 9.98. The summed E-state index contributed by atoms with van der Waals surface area (Å²) in [4.78, 5) is 0.0804. The molecule has 1 aromatic heterocycles. The number of nitrogens with zero attached hydrogens (tertiary/aromatic N) is 1. The van der Waals surface area contributed by atoms with E-state index in [1.165, 1.54) is 13.1 Å². The van der Waals surface area contributed by atoms with Crippen LogP contribution in [0.3, 0.4) is 0 Å². The topological polar surface area (TPSA) is 4.93 Å². The fraction of sp³-hybridized carbons (Fsp3) is 0.111. The highest BCUT2D eigenvalue weighted by molar-refractivity contribution is 8.32. The van der Waals surface area contributed by atoms with Crippen LogP contribution < -0.4 is 10.4 Å². The Bertz CT molecular complexity index is 2280. The first-order valence-electron chi connectivity index (χ1n) is 14.4. The lowest BCUT2D eigenvalue weighted by molar-refractivity contribution is 0.384. The summed E-state index contributed by atoms with van der Waals surface area (Å²) >= 11 is 0. The minimum absolute atomic E-state index is 0.352. The van der Waals surface area contributed by atoms with Crippen molar-refractivity contribution < 1.29 is 39.5 Å². The highest BCUT2D eigenvalue weighted by Crippen LogP contribution is 2.60. The van der Waals surface area contributed by atoms with E-state index in [-0.39, 0.29) is 4.90 Å². The lowest BCUT2D eigenvalue weighted by Crippen LogP contribution is -2.56. The molecule has 1 nitrogen and oxygen atoms in total. The van der Waals surface area contributed by atoms with Gasteiger partial charge in [0, 0.05) is 32.1 Å². The van der Waals surface area contributed by atoms with Crippen molar-refractivity contribution in [3.8, 4) is 5.69 Å². The molecule has 48 heavy (non-hydrogen) atoms. The van der Waals surface area contributed by atoms with Crippen molar-refractivity contribution in [3.05, 3.63) is 131 Å². The monoisotopic (exact) mass is 703 g/mol. The van der Waals surface area contributed by atoms with Gasteiger partial charge in [0.05, 0.1) is 11.0 Å². The number of halogens is 9. The van der Waals surface area contributed by atoms with E-state index in [9.17, 15) is 26.3 Å². The summed E-state index contributed by atoms with van der Waals surface area (Å²) < 4.78 is 134. The average Bonchev–Trinajstić information content (AvgIpc) is 3.40. The number of rotatable bonds is 6. The summed E-state index contributed by atoms with van der Waals surface area (Å²) in [7, 11) is -6.23. The van der Waals surface area contributed by atoms with Crippen LogP contribution in [0.2, 0.25) is 13.1 Å². The molecule has 6 aromatic rings. The van der Waals surface area contributed by atoms with Gasteiger partial charge in [0.25, 0.3) is 0 Å². The molecule has 1 heterocycles. The third kappa shape index (κ3) is 4.79. The Labute approximate surface area is 272 Å². The zero-order valence-electron chi connectivity index (χ0n) is 25.9. The van der Waals surface area contributed by atoms with Gasteiger partial charge in [0.1, 0.15) is 8.07 Å². The van der Waals surface area contributed by atoms with Crippen molar-refractivity contribution in [2.75, 3.05) is 12.5 Å². The van der Waals surface area contributed by atoms with Crippen molar-refractivity contribution in [3.63, 3.8) is 0 Å². The molecule has 248 valence electrons. The summed E-state index contributed by atoms with van der Waals surface area (Å²) in [6.07, 6.45) is 4.12. The molecule has 0 saturated carbocycles. The van der Waals surface area contributed by atoms with Gasteiger partial charge in [0.2, 0.25) is 5.82 Å². The van der Waals surface area contributed by atoms with Gasteiger partial charge in [-0.25, -0.2) is 39.5 Å². The van der Waals surface area contributed by atoms with Crippen molar-refractivity contribution in [2.24, 2.45) is 0 Å². The van der Waals surface area contributed by atoms with E-state index < -0.39 is 81.2 Å². The lowest BCUT2D eigenvalue weighted by atomic mass is 10.1. The quantitative estimate of drug-likeness (QED) is 0.0705. The Morgan fingerprint density at radius 2 is 1.10 bits per heavy atom. The number of aromatic nitrogens is 1. The van der Waals surface area contributed by atoms with Gasteiger partial charge in [-0.2, -0.15) is 10.0 Å². The van der Waals surface area contributed by atoms with Crippen LogP contribution in [0, 0.1) is 52.4 Å². The molecule has 0 amide bonds. The maximum atomic E-state index is 15.4. The smallest absolute Gasteiger partial charge is 0.200 e. The van der Waals surface area contributed by atoms with E-state index >= 15 is 13.2 Å². The fourth-order valence-electron chi connectivity index (χ4n) is 6.29. The normalized spacial score (nSPS) is 12.7. The van der Waals surface area contributed by atoms with E-state index in [2.05, 4.69) is 6.58 Å². The zero-order chi connectivity index (χ0) is 35.0. The molecule has 6 rings (SSSR count). The van der Waals surface area contributed by atoms with Crippen LogP contribution in [0.4, 0.5) is 39.5 Å². The Morgan fingerprint density at radius 3 is 1.69 bits per heavy atom. The van der Waals surface area contributed by atoms with Gasteiger partial charge in [-0.1, -0.05) is 61.3 Å². The van der Waals surface area contributed by atoms with Crippen LogP contribution in [0.25, 0.3) is 33.6 Å². The third-order valence-corrected chi connectivity index (χ3v) is 15.2. The number of hydrogen-bond acceptors (Lipinski definition) is 0. The summed E-state index contributed by atoms with van der Waals surface area (Å²) in [5.74, 6) is -17.1. The number of para-hydroxylation sites is 1. The van der Waals surface area contributed by atoms with Gasteiger partial charge in [0.15, 0.2) is 46.5 Å². The largest absolute Gasteiger partial charge is 0.309 e. The Kier molecular flexibility index (Phi) is 8.11. The van der Waals surface area contributed by atoms with Crippen molar-refractivity contribution in [1.82, 2.24) is 4.57 Å². The fourth-order valence-corrected chi connectivity index (χ4v) is 11.2. The standard InChI is InChI=1S/C36H26F9NSSi/c1-6-21-26(37)27(38)29(40)32(43)35(21)47(2,3)19-12-14-24-22(16-19)23-17-20(13-15-25(23)46(24)18-10-8-7-9-11-18)48(4,5)36-33(44)30(41)28(39)31(42)34(36)45/h6-17H,1H2,2-5H3. The molecule has 0 radical (unpaired) electrons. The van der Waals surface area contributed by atoms with E-state index in [0.717, 1.165) is 11.8 Å². The second kappa shape index (κ2) is 11.6. The Morgan fingerprint density at radius 1 is 0.604 bits per heavy atom. The van der Waals surface area contributed by atoms with Crippen LogP contribution in [0.1, 0.15) is 5.56 Å². The van der Waals surface area contributed by atoms with Crippen LogP contribution in [0.15, 0.2) is 83.1 Å². The molecule has 0 N–H and O–H groups in total. The maximum absolute atomic E-state index is 15.4. The molecular weight excluding hydrogens is 678 g/mol.